The summed E-state index contributed by atoms with van der Waals surface area (Å²) in [7, 11) is 0. The Kier molecular flexibility index (Phi) is 5.07. The van der Waals surface area contributed by atoms with Gasteiger partial charge in [0, 0.05) is 0 Å². The first-order valence-electron chi connectivity index (χ1n) is 10.6. The van der Waals surface area contributed by atoms with Gasteiger partial charge in [0.25, 0.3) is 17.7 Å². The summed E-state index contributed by atoms with van der Waals surface area (Å²) in [6.07, 6.45) is -0.630. The zero-order valence-electron chi connectivity index (χ0n) is 17.1. The number of para-hydroxylation sites is 2. The second-order valence-corrected chi connectivity index (χ2v) is 8.00. The van der Waals surface area contributed by atoms with E-state index in [2.05, 4.69) is 0 Å². The summed E-state index contributed by atoms with van der Waals surface area (Å²) in [5, 5.41) is 0. The molecule has 0 unspecified atom stereocenters. The number of hydrogen-bond donors (Lipinski definition) is 1. The monoisotopic (exact) mass is 422 g/mol. The number of ether oxygens (including phenoxy) is 2. The number of carbonyl (C=O) groups is 3. The molecule has 8 heteroatoms. The van der Waals surface area contributed by atoms with Crippen molar-refractivity contribution in [1.29, 1.82) is 0 Å². The van der Waals surface area contributed by atoms with Crippen LogP contribution in [0.1, 0.15) is 20.7 Å². The molecule has 1 atom stereocenters. The van der Waals surface area contributed by atoms with Crippen molar-refractivity contribution in [3.63, 3.8) is 0 Å². The third-order valence-corrected chi connectivity index (χ3v) is 6.13. The highest BCUT2D eigenvalue weighted by Crippen LogP contribution is 2.31. The Morgan fingerprint density at radius 3 is 2.23 bits per heavy atom. The molecule has 2 aromatic carbocycles. The first-order chi connectivity index (χ1) is 15.1. The van der Waals surface area contributed by atoms with Gasteiger partial charge in [0.15, 0.2) is 11.5 Å². The van der Waals surface area contributed by atoms with E-state index >= 15 is 0 Å². The largest absolute Gasteiger partial charge is 0.485 e. The van der Waals surface area contributed by atoms with Crippen molar-refractivity contribution in [2.75, 3.05) is 45.9 Å². The van der Waals surface area contributed by atoms with Gasteiger partial charge in [-0.25, -0.2) is 0 Å². The highest BCUT2D eigenvalue weighted by Gasteiger charge is 2.37. The highest BCUT2D eigenvalue weighted by molar-refractivity contribution is 6.21. The maximum absolute atomic E-state index is 12.9. The van der Waals surface area contributed by atoms with Gasteiger partial charge in [-0.3, -0.25) is 19.3 Å². The number of amides is 3. The van der Waals surface area contributed by atoms with Gasteiger partial charge in [-0.15, -0.1) is 0 Å². The van der Waals surface area contributed by atoms with Crippen LogP contribution < -0.4 is 14.4 Å². The van der Waals surface area contributed by atoms with Crippen LogP contribution in [0.25, 0.3) is 0 Å². The van der Waals surface area contributed by atoms with E-state index in [1.54, 1.807) is 30.3 Å². The molecule has 31 heavy (non-hydrogen) atoms. The van der Waals surface area contributed by atoms with E-state index in [1.165, 1.54) is 9.80 Å². The fourth-order valence-electron chi connectivity index (χ4n) is 4.35. The molecule has 0 radical (unpaired) electrons. The molecule has 1 saturated heterocycles. The van der Waals surface area contributed by atoms with Crippen LogP contribution in [0.4, 0.5) is 0 Å². The van der Waals surface area contributed by atoms with Crippen molar-refractivity contribution < 1.29 is 28.8 Å². The SMILES string of the molecule is O=C([C@@H]1COc2ccccc2O1)N1CC[NH+](CCN2C(=O)c3ccccc3C2=O)CC1. The Labute approximate surface area is 179 Å². The first kappa shape index (κ1) is 19.6. The third-order valence-electron chi connectivity index (χ3n) is 6.13. The van der Waals surface area contributed by atoms with E-state index in [4.69, 9.17) is 9.47 Å². The van der Waals surface area contributed by atoms with Crippen molar-refractivity contribution in [2.24, 2.45) is 0 Å². The number of imide groups is 1. The summed E-state index contributed by atoms with van der Waals surface area (Å²) in [5.74, 6) is 0.757. The molecule has 1 N–H and O–H groups in total. The number of hydrogen-bond acceptors (Lipinski definition) is 5. The van der Waals surface area contributed by atoms with Crippen molar-refractivity contribution in [3.8, 4) is 11.5 Å². The number of nitrogens with zero attached hydrogens (tertiary/aromatic N) is 2. The minimum Gasteiger partial charge on any atom is -0.485 e. The third kappa shape index (κ3) is 3.63. The van der Waals surface area contributed by atoms with E-state index in [-0.39, 0.29) is 24.3 Å². The normalized spacial score (nSPS) is 20.7. The molecule has 3 amide bonds. The molecule has 1 fully saturated rings. The topological polar surface area (TPSA) is 80.6 Å². The second kappa shape index (κ2) is 8.03. The van der Waals surface area contributed by atoms with Crippen molar-refractivity contribution in [1.82, 2.24) is 9.80 Å². The van der Waals surface area contributed by atoms with Gasteiger partial charge in [-0.1, -0.05) is 24.3 Å². The fraction of sp³-hybridized carbons (Fsp3) is 0.348. The van der Waals surface area contributed by atoms with Crippen molar-refractivity contribution in [2.45, 2.75) is 6.10 Å². The predicted octanol–water partition coefficient (Wildman–Crippen LogP) is -0.150. The lowest BCUT2D eigenvalue weighted by Gasteiger charge is -2.35. The smallest absolute Gasteiger partial charge is 0.267 e. The van der Waals surface area contributed by atoms with E-state index in [0.717, 1.165) is 13.1 Å². The van der Waals surface area contributed by atoms with Crippen LogP contribution in [0, 0.1) is 0 Å². The van der Waals surface area contributed by atoms with Crippen molar-refractivity contribution in [3.05, 3.63) is 59.7 Å². The van der Waals surface area contributed by atoms with E-state index in [9.17, 15) is 14.4 Å². The van der Waals surface area contributed by atoms with Gasteiger partial charge in [0.2, 0.25) is 6.10 Å². The number of carbonyl (C=O) groups excluding carboxylic acids is 3. The molecule has 8 nitrogen and oxygen atoms in total. The van der Waals surface area contributed by atoms with Gasteiger partial charge in [-0.05, 0) is 24.3 Å². The van der Waals surface area contributed by atoms with Crippen LogP contribution in [0.2, 0.25) is 0 Å². The van der Waals surface area contributed by atoms with E-state index < -0.39 is 6.10 Å². The fourth-order valence-corrected chi connectivity index (χ4v) is 4.35. The molecule has 0 aromatic heterocycles. The summed E-state index contributed by atoms with van der Waals surface area (Å²) in [4.78, 5) is 42.3. The quantitative estimate of drug-likeness (QED) is 0.694. The molecule has 0 aliphatic carbocycles. The highest BCUT2D eigenvalue weighted by atomic mass is 16.6. The number of quaternary nitrogens is 1. The molecular formula is C23H24N3O5+. The molecule has 160 valence electrons. The molecule has 0 bridgehead atoms. The lowest BCUT2D eigenvalue weighted by atomic mass is 10.1. The zero-order valence-corrected chi connectivity index (χ0v) is 17.1. The lowest BCUT2D eigenvalue weighted by Crippen LogP contribution is -3.15. The minimum absolute atomic E-state index is 0.0612. The van der Waals surface area contributed by atoms with Gasteiger partial charge >= 0.3 is 0 Å². The lowest BCUT2D eigenvalue weighted by molar-refractivity contribution is -0.903. The number of piperazine rings is 1. The minimum atomic E-state index is -0.630. The Balaban J connectivity index is 1.12. The summed E-state index contributed by atoms with van der Waals surface area (Å²) in [6, 6.07) is 14.3. The van der Waals surface area contributed by atoms with E-state index in [1.807, 2.05) is 23.1 Å². The molecule has 3 aliphatic heterocycles. The number of nitrogens with one attached hydrogen (secondary N) is 1. The van der Waals surface area contributed by atoms with Crippen LogP contribution in [0.3, 0.4) is 0 Å². The van der Waals surface area contributed by atoms with Crippen LogP contribution in [-0.2, 0) is 4.79 Å². The summed E-state index contributed by atoms with van der Waals surface area (Å²) in [5.41, 5.74) is 0.961. The van der Waals surface area contributed by atoms with Crippen LogP contribution in [0.5, 0.6) is 11.5 Å². The molecule has 5 rings (SSSR count). The molecule has 0 saturated carbocycles. The number of benzene rings is 2. The maximum Gasteiger partial charge on any atom is 0.267 e. The van der Waals surface area contributed by atoms with E-state index in [0.29, 0.717) is 48.8 Å². The molecular weight excluding hydrogens is 398 g/mol. The molecule has 0 spiro atoms. The summed E-state index contributed by atoms with van der Waals surface area (Å²) in [6.45, 7) is 4.01. The second-order valence-electron chi connectivity index (χ2n) is 8.00. The van der Waals surface area contributed by atoms with Crippen LogP contribution >= 0.6 is 0 Å². The number of rotatable bonds is 4. The zero-order chi connectivity index (χ0) is 21.4. The average Bonchev–Trinajstić information content (AvgIpc) is 3.07. The predicted molar refractivity (Wildman–Crippen MR) is 110 cm³/mol. The Bertz CT molecular complexity index is 996. The molecule has 3 heterocycles. The van der Waals surface area contributed by atoms with Gasteiger partial charge < -0.3 is 19.3 Å². The number of fused-ring (bicyclic) bond motifs is 2. The summed E-state index contributed by atoms with van der Waals surface area (Å²) >= 11 is 0. The Morgan fingerprint density at radius 1 is 0.935 bits per heavy atom. The Hall–Kier alpha value is -3.39. The van der Waals surface area contributed by atoms with Gasteiger partial charge in [0.05, 0.1) is 50.4 Å². The molecule has 3 aliphatic rings. The maximum atomic E-state index is 12.9. The van der Waals surface area contributed by atoms with Gasteiger partial charge in [0.1, 0.15) is 6.61 Å². The van der Waals surface area contributed by atoms with Crippen LogP contribution in [0.15, 0.2) is 48.5 Å². The first-order valence-corrected chi connectivity index (χ1v) is 10.6. The van der Waals surface area contributed by atoms with Crippen LogP contribution in [-0.4, -0.2) is 79.5 Å². The molecule has 2 aromatic rings. The summed E-state index contributed by atoms with van der Waals surface area (Å²) < 4.78 is 11.5. The standard InChI is InChI=1S/C23H23N3O5/c27-21-16-5-1-2-6-17(16)22(28)26(21)14-11-24-9-12-25(13-10-24)23(29)20-15-30-18-7-3-4-8-19(18)31-20/h1-8,20H,9-15H2/p+1/t20-/m0/s1. The Morgan fingerprint density at radius 2 is 1.55 bits per heavy atom. The van der Waals surface area contributed by atoms with Crippen molar-refractivity contribution >= 4 is 17.7 Å². The average molecular weight is 422 g/mol. The van der Waals surface area contributed by atoms with Gasteiger partial charge in [-0.2, -0.15) is 0 Å².